The zero-order valence-electron chi connectivity index (χ0n) is 20.0. The van der Waals surface area contributed by atoms with E-state index in [9.17, 15) is 0 Å². The lowest BCUT2D eigenvalue weighted by atomic mass is 9.66. The van der Waals surface area contributed by atoms with E-state index in [-0.39, 0.29) is 17.6 Å². The molecule has 5 heterocycles. The van der Waals surface area contributed by atoms with Crippen molar-refractivity contribution in [2.75, 3.05) is 24.6 Å². The lowest BCUT2D eigenvalue weighted by Crippen LogP contribution is -2.45. The molecule has 3 aromatic heterocycles. The predicted octanol–water partition coefficient (Wildman–Crippen LogP) is 5.21. The van der Waals surface area contributed by atoms with Gasteiger partial charge in [0.05, 0.1) is 29.6 Å². The first-order valence-electron chi connectivity index (χ1n) is 12.6. The van der Waals surface area contributed by atoms with Gasteiger partial charge in [0.2, 0.25) is 0 Å². The number of halogens is 1. The summed E-state index contributed by atoms with van der Waals surface area (Å²) in [6.45, 7) is 4.90. The molecule has 0 amide bonds. The minimum atomic E-state index is 0.131. The monoisotopic (exact) mass is 510 g/mol. The van der Waals surface area contributed by atoms with Crippen molar-refractivity contribution < 1.29 is 4.74 Å². The van der Waals surface area contributed by atoms with Crippen molar-refractivity contribution in [1.29, 1.82) is 0 Å². The van der Waals surface area contributed by atoms with Crippen LogP contribution in [0.3, 0.4) is 0 Å². The molecule has 3 aliphatic rings. The highest BCUT2D eigenvalue weighted by molar-refractivity contribution is 7.99. The van der Waals surface area contributed by atoms with E-state index in [0.29, 0.717) is 16.6 Å². The molecule has 0 unspecified atom stereocenters. The summed E-state index contributed by atoms with van der Waals surface area (Å²) >= 11 is 8.27. The molecule has 1 saturated carbocycles. The lowest BCUT2D eigenvalue weighted by Gasteiger charge is -2.39. The van der Waals surface area contributed by atoms with Crippen molar-refractivity contribution in [3.8, 4) is 0 Å². The first-order valence-corrected chi connectivity index (χ1v) is 13.8. The van der Waals surface area contributed by atoms with Crippen LogP contribution in [0.15, 0.2) is 40.5 Å². The molecule has 1 aliphatic carbocycles. The first kappa shape index (κ1) is 23.4. The molecule has 0 bridgehead atoms. The van der Waals surface area contributed by atoms with Gasteiger partial charge in [-0.05, 0) is 63.6 Å². The molecule has 0 aromatic carbocycles. The molecule has 9 heteroatoms. The van der Waals surface area contributed by atoms with Gasteiger partial charge in [-0.3, -0.25) is 0 Å². The highest BCUT2D eigenvalue weighted by atomic mass is 35.5. The molecule has 0 radical (unpaired) electrons. The molecule has 7 nitrogen and oxygen atoms in total. The van der Waals surface area contributed by atoms with E-state index in [1.54, 1.807) is 11.8 Å². The zero-order valence-corrected chi connectivity index (χ0v) is 21.6. The van der Waals surface area contributed by atoms with Crippen LogP contribution >= 0.6 is 23.4 Å². The van der Waals surface area contributed by atoms with E-state index < -0.39 is 0 Å². The summed E-state index contributed by atoms with van der Waals surface area (Å²) in [6.07, 6.45) is 10.6. The molecule has 2 N–H and O–H groups in total. The number of fused-ring (bicyclic) bond motifs is 1. The Hall–Kier alpha value is -2.00. The maximum absolute atomic E-state index is 6.73. The number of hydrogen-bond acceptors (Lipinski definition) is 8. The van der Waals surface area contributed by atoms with E-state index in [1.165, 1.54) is 12.8 Å². The topological polar surface area (TPSA) is 90.0 Å². The van der Waals surface area contributed by atoms with Gasteiger partial charge in [-0.15, -0.1) is 0 Å². The van der Waals surface area contributed by atoms with Crippen LogP contribution in [-0.4, -0.2) is 51.8 Å². The number of nitrogens with two attached hydrogens (primary N) is 1. The summed E-state index contributed by atoms with van der Waals surface area (Å²) in [7, 11) is 0. The van der Waals surface area contributed by atoms with Crippen molar-refractivity contribution in [2.24, 2.45) is 11.1 Å². The number of pyridine rings is 2. The average Bonchev–Trinajstić information content (AvgIpc) is 3.51. The lowest BCUT2D eigenvalue weighted by molar-refractivity contribution is 0.0895. The number of nitrogens with zero attached hydrogens (tertiary/aromatic N) is 5. The fourth-order valence-corrected chi connectivity index (χ4v) is 7.02. The highest BCUT2D eigenvalue weighted by Gasteiger charge is 2.48. The van der Waals surface area contributed by atoms with Gasteiger partial charge in [0.15, 0.2) is 5.65 Å². The van der Waals surface area contributed by atoms with Crippen LogP contribution in [0.25, 0.3) is 11.2 Å². The summed E-state index contributed by atoms with van der Waals surface area (Å²) in [5, 5.41) is 1.54. The fraction of sp³-hybridized carbons (Fsp3) is 0.538. The smallest absolute Gasteiger partial charge is 0.179 e. The Morgan fingerprint density at radius 3 is 2.66 bits per heavy atom. The van der Waals surface area contributed by atoms with Gasteiger partial charge in [0.1, 0.15) is 16.4 Å². The normalized spacial score (nSPS) is 28.9. The highest BCUT2D eigenvalue weighted by Crippen LogP contribution is 2.48. The van der Waals surface area contributed by atoms with Crippen LogP contribution in [0, 0.1) is 5.41 Å². The summed E-state index contributed by atoms with van der Waals surface area (Å²) in [6, 6.07) is 6.10. The zero-order chi connectivity index (χ0) is 24.0. The number of ether oxygens (including phenoxy) is 1. The van der Waals surface area contributed by atoms with Gasteiger partial charge in [0, 0.05) is 41.6 Å². The van der Waals surface area contributed by atoms with Crippen molar-refractivity contribution in [3.05, 3.63) is 41.3 Å². The summed E-state index contributed by atoms with van der Waals surface area (Å²) in [5.74, 6) is 1.28. The van der Waals surface area contributed by atoms with E-state index in [0.717, 1.165) is 72.3 Å². The number of rotatable bonds is 4. The van der Waals surface area contributed by atoms with E-state index in [4.69, 9.17) is 32.0 Å². The van der Waals surface area contributed by atoms with Crippen LogP contribution in [0.1, 0.15) is 57.1 Å². The Kier molecular flexibility index (Phi) is 6.33. The van der Waals surface area contributed by atoms with E-state index >= 15 is 0 Å². The van der Waals surface area contributed by atoms with Crippen LogP contribution in [0.4, 0.5) is 5.82 Å². The maximum atomic E-state index is 6.73. The molecule has 35 heavy (non-hydrogen) atoms. The minimum Gasteiger partial charge on any atom is -0.376 e. The molecular formula is C26H31ClN6OS. The molecule has 184 valence electrons. The van der Waals surface area contributed by atoms with E-state index in [1.807, 2.05) is 30.6 Å². The third-order valence-electron chi connectivity index (χ3n) is 8.10. The van der Waals surface area contributed by atoms with Crippen molar-refractivity contribution in [1.82, 2.24) is 19.9 Å². The predicted molar refractivity (Wildman–Crippen MR) is 139 cm³/mol. The standard InChI is InChI=1S/C26H31ClN6OS/c1-16-23(28)26(15-34-16)9-6-17(7-10-26)19-14-30-24-18(31-19)4-5-21(32-24)35-20-8-11-29-25(22(20)27)33-12-2-3-13-33/h4-5,8,11,14,16-17,23H,2-3,6-7,9-10,12-13,15,28H2,1H3/t16-,17?,23+,26?/m0/s1. The van der Waals surface area contributed by atoms with Crippen LogP contribution < -0.4 is 10.6 Å². The summed E-state index contributed by atoms with van der Waals surface area (Å²) in [4.78, 5) is 22.1. The molecule has 2 atom stereocenters. The third-order valence-corrected chi connectivity index (χ3v) is 9.58. The Morgan fingerprint density at radius 1 is 1.11 bits per heavy atom. The average molecular weight is 511 g/mol. The van der Waals surface area contributed by atoms with Gasteiger partial charge in [-0.2, -0.15) is 0 Å². The van der Waals surface area contributed by atoms with Crippen molar-refractivity contribution >= 4 is 40.3 Å². The molecule has 3 aromatic rings. The SMILES string of the molecule is C[C@@H]1OCC2(CCC(c3cnc4nc(Sc5ccnc(N6CCCC6)c5Cl)ccc4n3)CC2)[C@@H]1N. The van der Waals surface area contributed by atoms with Gasteiger partial charge in [-0.1, -0.05) is 23.4 Å². The molecular weight excluding hydrogens is 480 g/mol. The van der Waals surface area contributed by atoms with Crippen LogP contribution in [0.2, 0.25) is 5.02 Å². The number of hydrogen-bond donors (Lipinski definition) is 1. The molecule has 1 spiro atoms. The quantitative estimate of drug-likeness (QED) is 0.511. The van der Waals surface area contributed by atoms with Gasteiger partial charge in [0.25, 0.3) is 0 Å². The number of anilines is 1. The number of aromatic nitrogens is 4. The molecule has 6 rings (SSSR count). The molecule has 2 aliphatic heterocycles. The first-order chi connectivity index (χ1) is 17.0. The maximum Gasteiger partial charge on any atom is 0.179 e. The van der Waals surface area contributed by atoms with Gasteiger partial charge < -0.3 is 15.4 Å². The van der Waals surface area contributed by atoms with E-state index in [2.05, 4.69) is 21.8 Å². The van der Waals surface area contributed by atoms with Crippen molar-refractivity contribution in [2.45, 2.75) is 73.4 Å². The van der Waals surface area contributed by atoms with Crippen molar-refractivity contribution in [3.63, 3.8) is 0 Å². The Morgan fingerprint density at radius 2 is 1.91 bits per heavy atom. The Bertz CT molecular complexity index is 1230. The van der Waals surface area contributed by atoms with Crippen LogP contribution in [0.5, 0.6) is 0 Å². The summed E-state index contributed by atoms with van der Waals surface area (Å²) < 4.78 is 5.87. The fourth-order valence-electron chi connectivity index (χ4n) is 5.87. The summed E-state index contributed by atoms with van der Waals surface area (Å²) in [5.41, 5.74) is 9.18. The Balaban J connectivity index is 1.17. The largest absolute Gasteiger partial charge is 0.376 e. The molecule has 3 fully saturated rings. The third kappa shape index (κ3) is 4.39. The molecule has 2 saturated heterocycles. The van der Waals surface area contributed by atoms with Gasteiger partial charge in [-0.25, -0.2) is 19.9 Å². The second-order valence-electron chi connectivity index (χ2n) is 10.2. The Labute approximate surface area is 215 Å². The van der Waals surface area contributed by atoms with Crippen LogP contribution in [-0.2, 0) is 4.74 Å². The van der Waals surface area contributed by atoms with Gasteiger partial charge >= 0.3 is 0 Å². The second-order valence-corrected chi connectivity index (χ2v) is 11.6. The minimum absolute atomic E-state index is 0.131. The second kappa shape index (κ2) is 9.47.